The average Bonchev–Trinajstić information content (AvgIpc) is 3.59. The van der Waals surface area contributed by atoms with Gasteiger partial charge in [0.25, 0.3) is 0 Å². The number of aliphatic hydroxyl groups is 1. The Morgan fingerprint density at radius 3 is 2.22 bits per heavy atom. The minimum atomic E-state index is -1.12. The van der Waals surface area contributed by atoms with Crippen molar-refractivity contribution in [3.63, 3.8) is 0 Å². The molecule has 0 aromatic heterocycles. The monoisotopic (exact) mass is 472 g/mol. The Balaban J connectivity index is 0.00000121. The van der Waals surface area contributed by atoms with E-state index in [-0.39, 0.29) is 34.2 Å². The van der Waals surface area contributed by atoms with Gasteiger partial charge in [-0.3, -0.25) is 0 Å². The second-order valence-corrected chi connectivity index (χ2v) is 8.22. The third-order valence-electron chi connectivity index (χ3n) is 4.76. The van der Waals surface area contributed by atoms with E-state index in [0.717, 1.165) is 25.3 Å². The van der Waals surface area contributed by atoms with E-state index in [0.29, 0.717) is 12.0 Å². The van der Waals surface area contributed by atoms with E-state index in [4.69, 9.17) is 9.84 Å². The number of aryl methyl sites for hydroxylation is 1. The number of methoxy groups -OCH3 is 1. The normalized spacial score (nSPS) is 13.2. The van der Waals surface area contributed by atoms with Crippen LogP contribution in [0, 0.1) is 24.4 Å². The van der Waals surface area contributed by atoms with Crippen LogP contribution in [0.1, 0.15) is 58.9 Å². The van der Waals surface area contributed by atoms with Crippen LogP contribution in [0.15, 0.2) is 24.3 Å². The number of anilines is 3. The van der Waals surface area contributed by atoms with Gasteiger partial charge in [0.1, 0.15) is 22.9 Å². The Kier molecular flexibility index (Phi) is 11.8. The molecule has 0 amide bonds. The highest BCUT2D eigenvalue weighted by molar-refractivity contribution is 8.02. The number of halogens is 3. The molecule has 1 aliphatic carbocycles. The van der Waals surface area contributed by atoms with E-state index < -0.39 is 17.5 Å². The lowest BCUT2D eigenvalue weighted by atomic mass is 10.2. The number of rotatable bonds is 9. The summed E-state index contributed by atoms with van der Waals surface area (Å²) in [6, 6.07) is 5.42. The first-order valence-corrected chi connectivity index (χ1v) is 11.8. The lowest BCUT2D eigenvalue weighted by Gasteiger charge is -2.21. The van der Waals surface area contributed by atoms with Gasteiger partial charge in [-0.05, 0) is 62.3 Å². The Labute approximate surface area is 194 Å². The molecule has 0 spiro atoms. The van der Waals surface area contributed by atoms with Crippen molar-refractivity contribution in [1.82, 2.24) is 0 Å². The Hall–Kier alpha value is -2.06. The van der Waals surface area contributed by atoms with Gasteiger partial charge in [-0.2, -0.15) is 0 Å². The van der Waals surface area contributed by atoms with Crippen LogP contribution >= 0.6 is 11.9 Å². The number of aliphatic hydroxyl groups excluding tert-OH is 1. The SMILES string of the molecule is CC.CC.COc1cc(F)c(F)c(Nc2ccc(C)cc2F)c1NSC1(CCCO)CC1. The van der Waals surface area contributed by atoms with Crippen LogP contribution in [-0.2, 0) is 0 Å². The van der Waals surface area contributed by atoms with E-state index >= 15 is 0 Å². The standard InChI is InChI=1S/C20H23F3N2O2S.2C2H6/c1-12-4-5-15(13(21)10-12)24-19-17(23)14(22)11-16(27-2)18(19)25-28-20(7-8-20)6-3-9-26;2*1-2/h4-5,10-11,24-26H,3,6-9H2,1-2H3;2*1-2H3. The first-order valence-electron chi connectivity index (χ1n) is 11.0. The second kappa shape index (κ2) is 13.5. The van der Waals surface area contributed by atoms with Gasteiger partial charge >= 0.3 is 0 Å². The van der Waals surface area contributed by atoms with Crippen LogP contribution in [0.5, 0.6) is 5.75 Å². The summed E-state index contributed by atoms with van der Waals surface area (Å²) in [7, 11) is 1.36. The van der Waals surface area contributed by atoms with E-state index in [1.54, 1.807) is 13.0 Å². The van der Waals surface area contributed by atoms with Crippen LogP contribution in [0.4, 0.5) is 30.2 Å². The number of nitrogens with one attached hydrogen (secondary N) is 2. The summed E-state index contributed by atoms with van der Waals surface area (Å²) in [6.45, 7) is 9.85. The fourth-order valence-electron chi connectivity index (χ4n) is 2.94. The molecule has 0 bridgehead atoms. The molecule has 0 atom stereocenters. The maximum absolute atomic E-state index is 14.6. The van der Waals surface area contributed by atoms with Gasteiger partial charge in [-0.25, -0.2) is 13.2 Å². The molecule has 1 aliphatic rings. The van der Waals surface area contributed by atoms with Crippen LogP contribution in [0.3, 0.4) is 0 Å². The number of ether oxygens (including phenoxy) is 1. The Bertz CT molecular complexity index is 862. The highest BCUT2D eigenvalue weighted by Crippen LogP contribution is 2.53. The first kappa shape index (κ1) is 28.0. The molecule has 180 valence electrons. The molecule has 1 saturated carbocycles. The maximum atomic E-state index is 14.6. The summed E-state index contributed by atoms with van der Waals surface area (Å²) < 4.78 is 51.2. The second-order valence-electron chi connectivity index (χ2n) is 6.95. The molecule has 0 radical (unpaired) electrons. The van der Waals surface area contributed by atoms with Crippen molar-refractivity contribution in [2.75, 3.05) is 23.8 Å². The zero-order chi connectivity index (χ0) is 24.3. The van der Waals surface area contributed by atoms with Crippen molar-refractivity contribution in [3.8, 4) is 5.75 Å². The van der Waals surface area contributed by atoms with Crippen molar-refractivity contribution in [2.24, 2.45) is 0 Å². The van der Waals surface area contributed by atoms with Gasteiger partial charge in [0.05, 0.1) is 12.8 Å². The number of hydrogen-bond acceptors (Lipinski definition) is 5. The van der Waals surface area contributed by atoms with E-state index in [1.807, 2.05) is 27.7 Å². The zero-order valence-electron chi connectivity index (χ0n) is 19.7. The molecule has 0 saturated heterocycles. The third kappa shape index (κ3) is 7.24. The topological polar surface area (TPSA) is 53.5 Å². The molecule has 3 N–H and O–H groups in total. The molecule has 0 aliphatic heterocycles. The predicted molar refractivity (Wildman–Crippen MR) is 130 cm³/mol. The van der Waals surface area contributed by atoms with Gasteiger partial charge in [-0.15, -0.1) is 0 Å². The predicted octanol–water partition coefficient (Wildman–Crippen LogP) is 7.58. The van der Waals surface area contributed by atoms with E-state index in [1.165, 1.54) is 31.2 Å². The van der Waals surface area contributed by atoms with Crippen molar-refractivity contribution >= 4 is 29.0 Å². The molecule has 4 nitrogen and oxygen atoms in total. The summed E-state index contributed by atoms with van der Waals surface area (Å²) in [5.74, 6) is -2.67. The number of benzene rings is 2. The van der Waals surface area contributed by atoms with Crippen LogP contribution in [0.25, 0.3) is 0 Å². The van der Waals surface area contributed by atoms with Crippen molar-refractivity contribution in [1.29, 1.82) is 0 Å². The zero-order valence-corrected chi connectivity index (χ0v) is 20.6. The molecule has 0 unspecified atom stereocenters. The Morgan fingerprint density at radius 2 is 1.69 bits per heavy atom. The first-order chi connectivity index (χ1) is 15.4. The van der Waals surface area contributed by atoms with E-state index in [9.17, 15) is 13.2 Å². The highest BCUT2D eigenvalue weighted by atomic mass is 32.2. The fraction of sp³-hybridized carbons (Fsp3) is 0.500. The summed E-state index contributed by atoms with van der Waals surface area (Å²) >= 11 is 1.39. The molecule has 8 heteroatoms. The van der Waals surface area contributed by atoms with Crippen molar-refractivity contribution in [3.05, 3.63) is 47.3 Å². The quantitative estimate of drug-likeness (QED) is 0.328. The van der Waals surface area contributed by atoms with Crippen molar-refractivity contribution in [2.45, 2.75) is 65.0 Å². The largest absolute Gasteiger partial charge is 0.494 e. The lowest BCUT2D eigenvalue weighted by molar-refractivity contribution is 0.283. The van der Waals surface area contributed by atoms with Gasteiger partial charge < -0.3 is 19.9 Å². The minimum absolute atomic E-state index is 0.0339. The van der Waals surface area contributed by atoms with E-state index in [2.05, 4.69) is 10.0 Å². The van der Waals surface area contributed by atoms with Gasteiger partial charge in [0.15, 0.2) is 11.6 Å². The minimum Gasteiger partial charge on any atom is -0.494 e. The van der Waals surface area contributed by atoms with Crippen molar-refractivity contribution < 1.29 is 23.0 Å². The highest BCUT2D eigenvalue weighted by Gasteiger charge is 2.43. The van der Waals surface area contributed by atoms with Gasteiger partial charge in [-0.1, -0.05) is 33.8 Å². The molecular weight excluding hydrogens is 437 g/mol. The number of hydrogen-bond donors (Lipinski definition) is 3. The molecule has 32 heavy (non-hydrogen) atoms. The summed E-state index contributed by atoms with van der Waals surface area (Å²) in [5, 5.41) is 11.7. The lowest BCUT2D eigenvalue weighted by Crippen LogP contribution is -2.10. The van der Waals surface area contributed by atoms with Gasteiger partial charge in [0.2, 0.25) is 0 Å². The average molecular weight is 473 g/mol. The molecule has 0 heterocycles. The fourth-order valence-corrected chi connectivity index (χ4v) is 4.02. The summed E-state index contributed by atoms with van der Waals surface area (Å²) in [6.07, 6.45) is 3.41. The third-order valence-corrected chi connectivity index (χ3v) is 6.11. The molecule has 2 aromatic carbocycles. The molecular formula is C24H35F3N2O2S. The van der Waals surface area contributed by atoms with Gasteiger partial charge in [0, 0.05) is 17.4 Å². The molecule has 2 aromatic rings. The maximum Gasteiger partial charge on any atom is 0.184 e. The Morgan fingerprint density at radius 1 is 1.03 bits per heavy atom. The molecule has 1 fully saturated rings. The van der Waals surface area contributed by atoms with Crippen LogP contribution in [0.2, 0.25) is 0 Å². The summed E-state index contributed by atoms with van der Waals surface area (Å²) in [4.78, 5) is 0. The van der Waals surface area contributed by atoms with Crippen LogP contribution in [-0.4, -0.2) is 23.6 Å². The summed E-state index contributed by atoms with van der Waals surface area (Å²) in [5.41, 5.74) is 0.743. The molecule has 3 rings (SSSR count). The smallest absolute Gasteiger partial charge is 0.184 e. The van der Waals surface area contributed by atoms with Crippen LogP contribution < -0.4 is 14.8 Å².